The van der Waals surface area contributed by atoms with Crippen LogP contribution in [0.2, 0.25) is 10.0 Å². The van der Waals surface area contributed by atoms with Gasteiger partial charge in [-0.1, -0.05) is 35.0 Å². The monoisotopic (exact) mass is 484 g/mol. The van der Waals surface area contributed by atoms with Crippen LogP contribution in [0.1, 0.15) is 50.9 Å². The number of hydrogen-bond donors (Lipinski definition) is 3. The minimum absolute atomic E-state index is 0.150. The van der Waals surface area contributed by atoms with Gasteiger partial charge in [-0.15, -0.1) is 0 Å². The van der Waals surface area contributed by atoms with E-state index in [-0.39, 0.29) is 28.6 Å². The SMILES string of the molecule is CC(C)(O)O.COc1c(Cl)ccc(Cl)c1C(=O)SCCC1OCCC1OC(C)(C)O. The Balaban J connectivity index is 0.000000804. The van der Waals surface area contributed by atoms with E-state index < -0.39 is 11.6 Å². The molecule has 0 amide bonds. The first-order valence-electron chi connectivity index (χ1n) is 9.38. The highest BCUT2D eigenvalue weighted by atomic mass is 35.5. The van der Waals surface area contributed by atoms with Crippen LogP contribution in [-0.2, 0) is 9.47 Å². The van der Waals surface area contributed by atoms with Gasteiger partial charge < -0.3 is 29.5 Å². The van der Waals surface area contributed by atoms with Crippen LogP contribution in [0.5, 0.6) is 5.75 Å². The van der Waals surface area contributed by atoms with E-state index >= 15 is 0 Å². The van der Waals surface area contributed by atoms with Crippen molar-refractivity contribution in [2.75, 3.05) is 19.5 Å². The van der Waals surface area contributed by atoms with Gasteiger partial charge in [-0.25, -0.2) is 0 Å². The van der Waals surface area contributed by atoms with Gasteiger partial charge >= 0.3 is 0 Å². The zero-order valence-electron chi connectivity index (χ0n) is 17.8. The molecule has 7 nitrogen and oxygen atoms in total. The Morgan fingerprint density at radius 3 is 2.30 bits per heavy atom. The van der Waals surface area contributed by atoms with Gasteiger partial charge in [0, 0.05) is 12.4 Å². The molecule has 2 unspecified atom stereocenters. The Morgan fingerprint density at radius 2 is 1.77 bits per heavy atom. The smallest absolute Gasteiger partial charge is 0.224 e. The molecule has 1 saturated heterocycles. The van der Waals surface area contributed by atoms with Crippen molar-refractivity contribution < 1.29 is 34.3 Å². The van der Waals surface area contributed by atoms with E-state index in [1.807, 2.05) is 0 Å². The number of halogens is 2. The van der Waals surface area contributed by atoms with E-state index in [0.29, 0.717) is 28.8 Å². The summed E-state index contributed by atoms with van der Waals surface area (Å²) in [6, 6.07) is 3.17. The number of ether oxygens (including phenoxy) is 3. The van der Waals surface area contributed by atoms with E-state index in [1.165, 1.54) is 21.0 Å². The van der Waals surface area contributed by atoms with Crippen LogP contribution in [0, 0.1) is 0 Å². The van der Waals surface area contributed by atoms with Gasteiger partial charge in [-0.05, 0) is 52.7 Å². The highest BCUT2D eigenvalue weighted by molar-refractivity contribution is 8.14. The van der Waals surface area contributed by atoms with Crippen LogP contribution in [0.15, 0.2) is 12.1 Å². The summed E-state index contributed by atoms with van der Waals surface area (Å²) in [6.45, 7) is 6.36. The van der Waals surface area contributed by atoms with Gasteiger partial charge in [0.15, 0.2) is 17.3 Å². The van der Waals surface area contributed by atoms with Crippen molar-refractivity contribution in [3.63, 3.8) is 0 Å². The lowest BCUT2D eigenvalue weighted by molar-refractivity contribution is -0.214. The Kier molecular flexibility index (Phi) is 10.9. The first-order chi connectivity index (χ1) is 13.7. The van der Waals surface area contributed by atoms with Crippen molar-refractivity contribution in [2.45, 2.75) is 64.3 Å². The average Bonchev–Trinajstić information content (AvgIpc) is 3.00. The zero-order chi connectivity index (χ0) is 23.1. The Labute approximate surface area is 191 Å². The van der Waals surface area contributed by atoms with Gasteiger partial charge in [0.25, 0.3) is 0 Å². The topological polar surface area (TPSA) is 105 Å². The number of aliphatic hydroxyl groups is 3. The fraction of sp³-hybridized carbons (Fsp3) is 0.650. The van der Waals surface area contributed by atoms with Crippen LogP contribution in [0.25, 0.3) is 0 Å². The lowest BCUT2D eigenvalue weighted by Gasteiger charge is -2.26. The molecule has 1 heterocycles. The van der Waals surface area contributed by atoms with Crippen molar-refractivity contribution in [2.24, 2.45) is 0 Å². The van der Waals surface area contributed by atoms with Crippen LogP contribution in [-0.4, -0.2) is 63.7 Å². The minimum atomic E-state index is -1.50. The zero-order valence-corrected chi connectivity index (χ0v) is 20.1. The fourth-order valence-corrected chi connectivity index (χ4v) is 4.07. The van der Waals surface area contributed by atoms with E-state index in [9.17, 15) is 9.90 Å². The van der Waals surface area contributed by atoms with Crippen LogP contribution >= 0.6 is 35.0 Å². The van der Waals surface area contributed by atoms with E-state index in [2.05, 4.69) is 0 Å². The van der Waals surface area contributed by atoms with Crippen LogP contribution < -0.4 is 4.74 Å². The second-order valence-corrected chi connectivity index (χ2v) is 9.54. The Bertz CT molecular complexity index is 696. The molecule has 10 heteroatoms. The van der Waals surface area contributed by atoms with E-state index in [1.54, 1.807) is 26.0 Å². The van der Waals surface area contributed by atoms with Crippen molar-refractivity contribution in [3.05, 3.63) is 27.7 Å². The molecule has 3 N–H and O–H groups in total. The van der Waals surface area contributed by atoms with E-state index in [0.717, 1.165) is 18.2 Å². The third-order valence-corrected chi connectivity index (χ3v) is 5.21. The lowest BCUT2D eigenvalue weighted by Crippen LogP contribution is -2.35. The first kappa shape index (κ1) is 27.5. The molecule has 172 valence electrons. The molecule has 1 aliphatic rings. The lowest BCUT2D eigenvalue weighted by atomic mass is 10.1. The molecule has 1 fully saturated rings. The van der Waals surface area contributed by atoms with Crippen molar-refractivity contribution in [1.82, 2.24) is 0 Å². The summed E-state index contributed by atoms with van der Waals surface area (Å²) in [6.07, 6.45) is 1.02. The minimum Gasteiger partial charge on any atom is -0.494 e. The molecule has 0 radical (unpaired) electrons. The molecule has 0 bridgehead atoms. The molecule has 30 heavy (non-hydrogen) atoms. The molecule has 0 aromatic heterocycles. The first-order valence-corrected chi connectivity index (χ1v) is 11.1. The third-order valence-electron chi connectivity index (χ3n) is 3.69. The molecular formula is C20H30Cl2O7S. The van der Waals surface area contributed by atoms with Gasteiger partial charge in [0.05, 0.1) is 34.9 Å². The van der Waals surface area contributed by atoms with Crippen molar-refractivity contribution in [1.29, 1.82) is 0 Å². The van der Waals surface area contributed by atoms with Crippen LogP contribution in [0.3, 0.4) is 0 Å². The van der Waals surface area contributed by atoms with Gasteiger partial charge in [0.1, 0.15) is 0 Å². The number of thioether (sulfide) groups is 1. The fourth-order valence-electron chi connectivity index (χ4n) is 2.67. The predicted octanol–water partition coefficient (Wildman–Crippen LogP) is 3.88. The number of benzene rings is 1. The van der Waals surface area contributed by atoms with Gasteiger partial charge in [0.2, 0.25) is 5.12 Å². The molecule has 0 saturated carbocycles. The molecule has 0 spiro atoms. The number of methoxy groups -OCH3 is 1. The van der Waals surface area contributed by atoms with E-state index in [4.69, 9.17) is 47.6 Å². The molecule has 1 aromatic rings. The summed E-state index contributed by atoms with van der Waals surface area (Å²) < 4.78 is 16.5. The molecular weight excluding hydrogens is 455 g/mol. The number of rotatable bonds is 7. The number of hydrogen-bond acceptors (Lipinski definition) is 8. The van der Waals surface area contributed by atoms with Crippen molar-refractivity contribution in [3.8, 4) is 5.75 Å². The highest BCUT2D eigenvalue weighted by Gasteiger charge is 2.33. The quantitative estimate of drug-likeness (QED) is 0.500. The van der Waals surface area contributed by atoms with Crippen molar-refractivity contribution >= 4 is 40.1 Å². The molecule has 1 aromatic carbocycles. The molecule has 2 rings (SSSR count). The standard InChI is InChI=1S/C17H22Cl2O5S.C3H8O2/c1-17(2,21)24-13-6-8-23-12(13)7-9-25-16(20)14-10(18)4-5-11(19)15(14)22-3;1-3(2,4)5/h4-5,12-13,21H,6-9H2,1-3H3;4-5H,1-2H3. The summed E-state index contributed by atoms with van der Waals surface area (Å²) in [7, 11) is 1.45. The molecule has 2 atom stereocenters. The normalized spacial score (nSPS) is 19.3. The predicted molar refractivity (Wildman–Crippen MR) is 118 cm³/mol. The maximum atomic E-state index is 12.5. The maximum absolute atomic E-state index is 12.5. The number of carbonyl (C=O) groups is 1. The molecule has 0 aliphatic carbocycles. The highest BCUT2D eigenvalue weighted by Crippen LogP contribution is 2.36. The third kappa shape index (κ3) is 10.2. The van der Waals surface area contributed by atoms with Gasteiger partial charge in [-0.2, -0.15) is 0 Å². The Hall–Kier alpha value is -0.580. The second kappa shape index (κ2) is 11.9. The second-order valence-electron chi connectivity index (χ2n) is 7.66. The maximum Gasteiger partial charge on any atom is 0.224 e. The summed E-state index contributed by atoms with van der Waals surface area (Å²) in [5, 5.41) is 26.4. The summed E-state index contributed by atoms with van der Waals surface area (Å²) in [4.78, 5) is 12.5. The van der Waals surface area contributed by atoms with Crippen LogP contribution in [0.4, 0.5) is 0 Å². The summed E-state index contributed by atoms with van der Waals surface area (Å²) in [5.41, 5.74) is 0.276. The Morgan fingerprint density at radius 1 is 1.20 bits per heavy atom. The summed E-state index contributed by atoms with van der Waals surface area (Å²) in [5.74, 6) is -1.89. The average molecular weight is 485 g/mol. The summed E-state index contributed by atoms with van der Waals surface area (Å²) >= 11 is 13.3. The largest absolute Gasteiger partial charge is 0.494 e. The molecule has 1 aliphatic heterocycles. The number of carbonyl (C=O) groups excluding carboxylic acids is 1. The van der Waals surface area contributed by atoms with Gasteiger partial charge in [-0.3, -0.25) is 4.79 Å².